The summed E-state index contributed by atoms with van der Waals surface area (Å²) in [7, 11) is 0. The molecule has 1 aromatic heterocycles. The second kappa shape index (κ2) is 10.4. The summed E-state index contributed by atoms with van der Waals surface area (Å²) in [6.45, 7) is 4.01. The minimum Gasteiger partial charge on any atom is -0.462 e. The molecule has 2 heterocycles. The zero-order valence-electron chi connectivity index (χ0n) is 18.5. The largest absolute Gasteiger partial charge is 0.462 e. The third-order valence-corrected chi connectivity index (χ3v) is 6.45. The first kappa shape index (κ1) is 23.4. The maximum atomic E-state index is 13.4. The van der Waals surface area contributed by atoms with Crippen molar-refractivity contribution in [3.63, 3.8) is 0 Å². The average molecular weight is 482 g/mol. The fraction of sp³-hybridized carbons (Fsp3) is 0.250. The number of morpholine rings is 1. The number of thiophene rings is 1. The van der Waals surface area contributed by atoms with Crippen molar-refractivity contribution in [2.75, 3.05) is 43.1 Å². The number of rotatable bonds is 7. The van der Waals surface area contributed by atoms with Crippen LogP contribution in [0.25, 0.3) is 10.4 Å². The number of non-ortho nitro benzene ring substituents is 1. The standard InChI is InChI=1S/C24H23N3O6S/c1-2-33-24(29)22-19(15-21(34-22)16-6-4-3-5-7-16)25-23(28)18-14-17(27(30)31)8-9-20(18)26-10-12-32-13-11-26/h3-9,14-15H,2,10-13H2,1H3,(H,25,28). The summed E-state index contributed by atoms with van der Waals surface area (Å²) in [6.07, 6.45) is 0. The van der Waals surface area contributed by atoms with E-state index in [1.807, 2.05) is 35.2 Å². The van der Waals surface area contributed by atoms with Crippen LogP contribution in [-0.2, 0) is 9.47 Å². The van der Waals surface area contributed by atoms with Crippen LogP contribution < -0.4 is 10.2 Å². The number of hydrogen-bond acceptors (Lipinski definition) is 8. The summed E-state index contributed by atoms with van der Waals surface area (Å²) in [5.74, 6) is -1.09. The molecule has 10 heteroatoms. The topological polar surface area (TPSA) is 111 Å². The molecule has 4 rings (SSSR count). The summed E-state index contributed by atoms with van der Waals surface area (Å²) in [4.78, 5) is 39.8. The summed E-state index contributed by atoms with van der Waals surface area (Å²) in [6, 6.07) is 15.4. The summed E-state index contributed by atoms with van der Waals surface area (Å²) in [5.41, 5.74) is 1.72. The Hall–Kier alpha value is -3.76. The average Bonchev–Trinajstić information content (AvgIpc) is 3.28. The van der Waals surface area contributed by atoms with E-state index in [4.69, 9.17) is 9.47 Å². The first-order chi connectivity index (χ1) is 16.5. The maximum Gasteiger partial charge on any atom is 0.350 e. The molecule has 3 aromatic rings. The van der Waals surface area contributed by atoms with Gasteiger partial charge >= 0.3 is 5.97 Å². The fourth-order valence-corrected chi connectivity index (χ4v) is 4.68. The molecule has 1 N–H and O–H groups in total. The molecule has 176 valence electrons. The highest BCUT2D eigenvalue weighted by molar-refractivity contribution is 7.18. The van der Waals surface area contributed by atoms with Gasteiger partial charge in [-0.3, -0.25) is 14.9 Å². The number of nitrogens with zero attached hydrogens (tertiary/aromatic N) is 2. The highest BCUT2D eigenvalue weighted by atomic mass is 32.1. The first-order valence-electron chi connectivity index (χ1n) is 10.8. The van der Waals surface area contributed by atoms with Gasteiger partial charge in [-0.05, 0) is 24.6 Å². The number of ether oxygens (including phenoxy) is 2. The van der Waals surface area contributed by atoms with Crippen molar-refractivity contribution < 1.29 is 24.0 Å². The second-order valence-electron chi connectivity index (χ2n) is 7.45. The molecule has 9 nitrogen and oxygen atoms in total. The lowest BCUT2D eigenvalue weighted by Crippen LogP contribution is -2.37. The third kappa shape index (κ3) is 5.08. The van der Waals surface area contributed by atoms with Gasteiger partial charge in [0.25, 0.3) is 11.6 Å². The van der Waals surface area contributed by atoms with Crippen LogP contribution in [0.4, 0.5) is 17.1 Å². The number of hydrogen-bond donors (Lipinski definition) is 1. The third-order valence-electron chi connectivity index (χ3n) is 5.29. The molecule has 0 unspecified atom stereocenters. The predicted molar refractivity (Wildman–Crippen MR) is 130 cm³/mol. The van der Waals surface area contributed by atoms with E-state index in [1.165, 1.54) is 23.5 Å². The lowest BCUT2D eigenvalue weighted by molar-refractivity contribution is -0.384. The number of carbonyl (C=O) groups is 2. The molecule has 1 aliphatic rings. The zero-order valence-corrected chi connectivity index (χ0v) is 19.3. The quantitative estimate of drug-likeness (QED) is 0.298. The number of amides is 1. The number of nitro groups is 1. The van der Waals surface area contributed by atoms with Gasteiger partial charge in [-0.15, -0.1) is 11.3 Å². The molecule has 1 aliphatic heterocycles. The molecule has 0 saturated carbocycles. The van der Waals surface area contributed by atoms with E-state index in [9.17, 15) is 19.7 Å². The lowest BCUT2D eigenvalue weighted by atomic mass is 10.1. The summed E-state index contributed by atoms with van der Waals surface area (Å²) in [5, 5.41) is 14.2. The van der Waals surface area contributed by atoms with Gasteiger partial charge in [-0.1, -0.05) is 30.3 Å². The Morgan fingerprint density at radius 1 is 1.15 bits per heavy atom. The van der Waals surface area contributed by atoms with Gasteiger partial charge in [0.15, 0.2) is 0 Å². The number of benzene rings is 2. The SMILES string of the molecule is CCOC(=O)c1sc(-c2ccccc2)cc1NC(=O)c1cc([N+](=O)[O-])ccc1N1CCOCC1. The van der Waals surface area contributed by atoms with E-state index < -0.39 is 16.8 Å². The monoisotopic (exact) mass is 481 g/mol. The smallest absolute Gasteiger partial charge is 0.350 e. The van der Waals surface area contributed by atoms with Crippen molar-refractivity contribution in [3.8, 4) is 10.4 Å². The molecule has 0 atom stereocenters. The van der Waals surface area contributed by atoms with Gasteiger partial charge in [0.2, 0.25) is 0 Å². The first-order valence-corrected chi connectivity index (χ1v) is 11.6. The van der Waals surface area contributed by atoms with Crippen LogP contribution in [0, 0.1) is 10.1 Å². The Balaban J connectivity index is 1.71. The van der Waals surface area contributed by atoms with Crippen LogP contribution in [0.3, 0.4) is 0 Å². The molecule has 0 spiro atoms. The van der Waals surface area contributed by atoms with Crippen LogP contribution in [-0.4, -0.2) is 49.7 Å². The molecule has 0 bridgehead atoms. The Bertz CT molecular complexity index is 1200. The zero-order chi connectivity index (χ0) is 24.1. The second-order valence-corrected chi connectivity index (χ2v) is 8.50. The molecule has 0 radical (unpaired) electrons. The van der Waals surface area contributed by atoms with Crippen LogP contribution in [0.5, 0.6) is 0 Å². The van der Waals surface area contributed by atoms with Crippen molar-refractivity contribution >= 4 is 40.3 Å². The normalized spacial score (nSPS) is 13.4. The van der Waals surface area contributed by atoms with Crippen LogP contribution >= 0.6 is 11.3 Å². The van der Waals surface area contributed by atoms with Gasteiger partial charge in [0.05, 0.1) is 41.7 Å². The Labute approximate surface area is 200 Å². The van der Waals surface area contributed by atoms with Crippen molar-refractivity contribution in [1.29, 1.82) is 0 Å². The van der Waals surface area contributed by atoms with Crippen LogP contribution in [0.15, 0.2) is 54.6 Å². The molecule has 1 fully saturated rings. The molecule has 1 amide bonds. The maximum absolute atomic E-state index is 13.4. The fourth-order valence-electron chi connectivity index (χ4n) is 3.67. The van der Waals surface area contributed by atoms with Crippen molar-refractivity contribution in [3.05, 3.63) is 75.2 Å². The van der Waals surface area contributed by atoms with Gasteiger partial charge in [0, 0.05) is 30.1 Å². The highest BCUT2D eigenvalue weighted by Gasteiger charge is 2.25. The molecule has 2 aromatic carbocycles. The minimum atomic E-state index is -0.548. The number of esters is 1. The highest BCUT2D eigenvalue weighted by Crippen LogP contribution is 2.36. The van der Waals surface area contributed by atoms with E-state index in [2.05, 4.69) is 5.32 Å². The van der Waals surface area contributed by atoms with E-state index in [0.29, 0.717) is 37.7 Å². The minimum absolute atomic E-state index is 0.151. The van der Waals surface area contributed by atoms with Crippen molar-refractivity contribution in [2.24, 2.45) is 0 Å². The van der Waals surface area contributed by atoms with E-state index in [1.54, 1.807) is 19.1 Å². The Kier molecular flexibility index (Phi) is 7.19. The van der Waals surface area contributed by atoms with Gasteiger partial charge < -0.3 is 19.7 Å². The summed E-state index contributed by atoms with van der Waals surface area (Å²) < 4.78 is 10.6. The van der Waals surface area contributed by atoms with Crippen molar-refractivity contribution in [2.45, 2.75) is 6.92 Å². The van der Waals surface area contributed by atoms with Crippen LogP contribution in [0.1, 0.15) is 27.0 Å². The van der Waals surface area contributed by atoms with Gasteiger partial charge in [-0.2, -0.15) is 0 Å². The Morgan fingerprint density at radius 2 is 1.88 bits per heavy atom. The molecular weight excluding hydrogens is 458 g/mol. The molecule has 1 saturated heterocycles. The van der Waals surface area contributed by atoms with E-state index in [0.717, 1.165) is 10.4 Å². The van der Waals surface area contributed by atoms with Gasteiger partial charge in [0.1, 0.15) is 4.88 Å². The molecular formula is C24H23N3O6S. The van der Waals surface area contributed by atoms with E-state index >= 15 is 0 Å². The number of carbonyl (C=O) groups excluding carboxylic acids is 2. The lowest BCUT2D eigenvalue weighted by Gasteiger charge is -2.30. The molecule has 34 heavy (non-hydrogen) atoms. The van der Waals surface area contributed by atoms with Crippen molar-refractivity contribution in [1.82, 2.24) is 0 Å². The number of nitrogens with one attached hydrogen (secondary N) is 1. The van der Waals surface area contributed by atoms with E-state index in [-0.39, 0.29) is 22.7 Å². The molecule has 0 aliphatic carbocycles. The number of anilines is 2. The predicted octanol–water partition coefficient (Wildman–Crippen LogP) is 4.59. The van der Waals surface area contributed by atoms with Gasteiger partial charge in [-0.25, -0.2) is 4.79 Å². The summed E-state index contributed by atoms with van der Waals surface area (Å²) >= 11 is 1.21. The number of nitro benzene ring substituents is 1. The van der Waals surface area contributed by atoms with Crippen LogP contribution in [0.2, 0.25) is 0 Å². The Morgan fingerprint density at radius 3 is 2.56 bits per heavy atom.